The van der Waals surface area contributed by atoms with Gasteiger partial charge >= 0.3 is 0 Å². The van der Waals surface area contributed by atoms with Crippen molar-refractivity contribution in [2.24, 2.45) is 5.41 Å². The number of hydrogen-bond donors (Lipinski definition) is 2. The zero-order chi connectivity index (χ0) is 17.6. The monoisotopic (exact) mass is 359 g/mol. The van der Waals surface area contributed by atoms with E-state index in [0.29, 0.717) is 22.3 Å². The molecule has 0 aromatic heterocycles. The molecular weight excluding hydrogens is 337 g/mol. The summed E-state index contributed by atoms with van der Waals surface area (Å²) >= 11 is 12.1. The van der Waals surface area contributed by atoms with Gasteiger partial charge in [-0.25, -0.2) is 0 Å². The molecule has 0 fully saturated rings. The van der Waals surface area contributed by atoms with Crippen molar-refractivity contribution in [1.82, 2.24) is 10.2 Å². The van der Waals surface area contributed by atoms with E-state index in [2.05, 4.69) is 10.6 Å². The van der Waals surface area contributed by atoms with Gasteiger partial charge in [0.25, 0.3) is 0 Å². The number of carbonyl (C=O) groups is 2. The Balaban J connectivity index is 2.67. The molecule has 0 saturated carbocycles. The molecule has 7 heteroatoms. The van der Waals surface area contributed by atoms with Crippen molar-refractivity contribution in [1.29, 1.82) is 0 Å². The number of halogens is 2. The third-order valence-corrected chi connectivity index (χ3v) is 4.03. The Morgan fingerprint density at radius 2 is 1.70 bits per heavy atom. The van der Waals surface area contributed by atoms with Crippen molar-refractivity contribution in [3.63, 3.8) is 0 Å². The Morgan fingerprint density at radius 1 is 1.13 bits per heavy atom. The van der Waals surface area contributed by atoms with Crippen LogP contribution in [-0.2, 0) is 9.59 Å². The van der Waals surface area contributed by atoms with Crippen molar-refractivity contribution in [2.75, 3.05) is 32.5 Å². The molecule has 0 unspecified atom stereocenters. The number of para-hydroxylation sites is 1. The fourth-order valence-electron chi connectivity index (χ4n) is 1.81. The molecule has 1 aromatic carbocycles. The number of benzene rings is 1. The first-order chi connectivity index (χ1) is 10.7. The standard InChI is InChI=1S/C16H23Cl2N3O2/c1-16(2,14(22)19-9-6-10-21(3)4)15(23)20-13-11(17)7-5-8-12(13)18/h5,7-8H,6,9-10H2,1-4H3,(H,19,22)(H,20,23). The number of nitrogens with zero attached hydrogens (tertiary/aromatic N) is 1. The van der Waals surface area contributed by atoms with Gasteiger partial charge in [-0.15, -0.1) is 0 Å². The molecule has 0 aliphatic heterocycles. The quantitative estimate of drug-likeness (QED) is 0.580. The van der Waals surface area contributed by atoms with E-state index in [1.165, 1.54) is 0 Å². The molecule has 23 heavy (non-hydrogen) atoms. The summed E-state index contributed by atoms with van der Waals surface area (Å²) in [5, 5.41) is 6.07. The average Bonchev–Trinajstić information content (AvgIpc) is 2.46. The lowest BCUT2D eigenvalue weighted by Gasteiger charge is -2.23. The maximum absolute atomic E-state index is 12.4. The molecule has 0 atom stereocenters. The van der Waals surface area contributed by atoms with Crippen LogP contribution in [0.15, 0.2) is 18.2 Å². The van der Waals surface area contributed by atoms with Crippen molar-refractivity contribution in [2.45, 2.75) is 20.3 Å². The lowest BCUT2D eigenvalue weighted by atomic mass is 9.91. The summed E-state index contributed by atoms with van der Waals surface area (Å²) < 4.78 is 0. The van der Waals surface area contributed by atoms with E-state index < -0.39 is 11.3 Å². The first-order valence-electron chi connectivity index (χ1n) is 7.34. The second-order valence-electron chi connectivity index (χ2n) is 6.09. The number of hydrogen-bond acceptors (Lipinski definition) is 3. The molecule has 0 aliphatic carbocycles. The van der Waals surface area contributed by atoms with E-state index in [1.807, 2.05) is 19.0 Å². The predicted molar refractivity (Wildman–Crippen MR) is 95.1 cm³/mol. The van der Waals surface area contributed by atoms with Gasteiger partial charge in [0.1, 0.15) is 5.41 Å². The van der Waals surface area contributed by atoms with E-state index in [-0.39, 0.29) is 5.91 Å². The minimum atomic E-state index is -1.24. The maximum atomic E-state index is 12.4. The Hall–Kier alpha value is -1.30. The molecule has 0 bridgehead atoms. The van der Waals surface area contributed by atoms with E-state index in [9.17, 15) is 9.59 Å². The molecule has 2 amide bonds. The van der Waals surface area contributed by atoms with Crippen LogP contribution in [0.3, 0.4) is 0 Å². The van der Waals surface area contributed by atoms with Crippen LogP contribution < -0.4 is 10.6 Å². The molecule has 0 heterocycles. The predicted octanol–water partition coefficient (Wildman–Crippen LogP) is 3.03. The van der Waals surface area contributed by atoms with Crippen LogP contribution in [0.2, 0.25) is 10.0 Å². The minimum Gasteiger partial charge on any atom is -0.355 e. The minimum absolute atomic E-state index is 0.314. The fraction of sp³-hybridized carbons (Fsp3) is 0.500. The lowest BCUT2D eigenvalue weighted by Crippen LogP contribution is -2.45. The van der Waals surface area contributed by atoms with Crippen LogP contribution in [0.5, 0.6) is 0 Å². The average molecular weight is 360 g/mol. The van der Waals surface area contributed by atoms with E-state index in [1.54, 1.807) is 32.0 Å². The highest BCUT2D eigenvalue weighted by Crippen LogP contribution is 2.31. The third-order valence-electron chi connectivity index (χ3n) is 3.40. The van der Waals surface area contributed by atoms with Crippen LogP contribution in [-0.4, -0.2) is 43.9 Å². The fourth-order valence-corrected chi connectivity index (χ4v) is 2.30. The third kappa shape index (κ3) is 5.68. The summed E-state index contributed by atoms with van der Waals surface area (Å²) in [7, 11) is 3.93. The molecule has 2 N–H and O–H groups in total. The number of anilines is 1. The number of rotatable bonds is 7. The molecule has 0 spiro atoms. The van der Waals surface area contributed by atoms with Gasteiger partial charge in [0, 0.05) is 6.54 Å². The summed E-state index contributed by atoms with van der Waals surface area (Å²) in [4.78, 5) is 26.7. The molecule has 0 saturated heterocycles. The summed E-state index contributed by atoms with van der Waals surface area (Å²) in [6.45, 7) is 4.51. The van der Waals surface area contributed by atoms with Crippen molar-refractivity contribution >= 4 is 40.7 Å². The summed E-state index contributed by atoms with van der Waals surface area (Å²) in [5.41, 5.74) is -0.921. The topological polar surface area (TPSA) is 61.4 Å². The van der Waals surface area contributed by atoms with Gasteiger partial charge in [-0.05, 0) is 53.0 Å². The lowest BCUT2D eigenvalue weighted by molar-refractivity contribution is -0.138. The highest BCUT2D eigenvalue weighted by atomic mass is 35.5. The maximum Gasteiger partial charge on any atom is 0.239 e. The highest BCUT2D eigenvalue weighted by molar-refractivity contribution is 6.40. The molecule has 1 aromatic rings. The Labute approximate surface area is 147 Å². The van der Waals surface area contributed by atoms with Gasteiger partial charge in [-0.2, -0.15) is 0 Å². The SMILES string of the molecule is CN(C)CCCNC(=O)C(C)(C)C(=O)Nc1c(Cl)cccc1Cl. The summed E-state index contributed by atoms with van der Waals surface area (Å²) in [5.74, 6) is -0.797. The normalized spacial score (nSPS) is 11.4. The number of nitrogens with one attached hydrogen (secondary N) is 2. The molecule has 5 nitrogen and oxygen atoms in total. The van der Waals surface area contributed by atoms with Gasteiger partial charge in [0.05, 0.1) is 15.7 Å². The van der Waals surface area contributed by atoms with Gasteiger partial charge < -0.3 is 15.5 Å². The van der Waals surface area contributed by atoms with Gasteiger partial charge in [0.2, 0.25) is 11.8 Å². The molecular formula is C16H23Cl2N3O2. The highest BCUT2D eigenvalue weighted by Gasteiger charge is 2.36. The van der Waals surface area contributed by atoms with Crippen LogP contribution in [0.4, 0.5) is 5.69 Å². The van der Waals surface area contributed by atoms with Crippen LogP contribution >= 0.6 is 23.2 Å². The Kier molecular flexibility index (Phi) is 7.32. The first kappa shape index (κ1) is 19.7. The van der Waals surface area contributed by atoms with E-state index >= 15 is 0 Å². The zero-order valence-corrected chi connectivity index (χ0v) is 15.4. The first-order valence-corrected chi connectivity index (χ1v) is 8.10. The number of carbonyl (C=O) groups excluding carboxylic acids is 2. The summed E-state index contributed by atoms with van der Waals surface area (Å²) in [6.07, 6.45) is 0.812. The molecule has 1 rings (SSSR count). The zero-order valence-electron chi connectivity index (χ0n) is 13.9. The van der Waals surface area contributed by atoms with Crippen LogP contribution in [0.25, 0.3) is 0 Å². The van der Waals surface area contributed by atoms with E-state index in [4.69, 9.17) is 23.2 Å². The van der Waals surface area contributed by atoms with E-state index in [0.717, 1.165) is 13.0 Å². The van der Waals surface area contributed by atoms with Crippen LogP contribution in [0, 0.1) is 5.41 Å². The smallest absolute Gasteiger partial charge is 0.239 e. The molecule has 128 valence electrons. The second-order valence-corrected chi connectivity index (χ2v) is 6.90. The van der Waals surface area contributed by atoms with Gasteiger partial charge in [-0.1, -0.05) is 29.3 Å². The van der Waals surface area contributed by atoms with Crippen LogP contribution in [0.1, 0.15) is 20.3 Å². The second kappa shape index (κ2) is 8.52. The molecule has 0 radical (unpaired) electrons. The Bertz CT molecular complexity index is 554. The Morgan fingerprint density at radius 3 is 2.22 bits per heavy atom. The van der Waals surface area contributed by atoms with Gasteiger partial charge in [0.15, 0.2) is 0 Å². The summed E-state index contributed by atoms with van der Waals surface area (Å²) in [6, 6.07) is 4.93. The van der Waals surface area contributed by atoms with Crippen molar-refractivity contribution in [3.05, 3.63) is 28.2 Å². The molecule has 0 aliphatic rings. The van der Waals surface area contributed by atoms with Gasteiger partial charge in [-0.3, -0.25) is 9.59 Å². The number of amides is 2. The largest absolute Gasteiger partial charge is 0.355 e. The van der Waals surface area contributed by atoms with Crippen molar-refractivity contribution in [3.8, 4) is 0 Å². The van der Waals surface area contributed by atoms with Crippen molar-refractivity contribution < 1.29 is 9.59 Å².